The van der Waals surface area contributed by atoms with Crippen molar-refractivity contribution in [3.63, 3.8) is 0 Å². The van der Waals surface area contributed by atoms with Crippen molar-refractivity contribution in [1.82, 2.24) is 26.3 Å². The third kappa shape index (κ3) is 11.0. The minimum atomic E-state index is -1.20. The predicted octanol–water partition coefficient (Wildman–Crippen LogP) is -0.231. The van der Waals surface area contributed by atoms with E-state index in [1.54, 1.807) is 6.20 Å². The smallest absolute Gasteiger partial charge is 0.326 e. The monoisotopic (exact) mass is 587 g/mol. The highest BCUT2D eigenvalue weighted by Crippen LogP contribution is 2.19. The number of nitrogens with two attached hydrogens (primary N) is 3. The molecule has 1 aromatic heterocycles. The molecule has 0 unspecified atom stereocenters. The summed E-state index contributed by atoms with van der Waals surface area (Å²) in [5.41, 5.74) is 18.5. The second-order valence-corrected chi connectivity index (χ2v) is 10.2. The van der Waals surface area contributed by atoms with Crippen molar-refractivity contribution in [2.24, 2.45) is 17.2 Å². The van der Waals surface area contributed by atoms with Crippen molar-refractivity contribution in [2.45, 2.75) is 82.5 Å². The van der Waals surface area contributed by atoms with Crippen LogP contribution in [0, 0.1) is 5.41 Å². The summed E-state index contributed by atoms with van der Waals surface area (Å²) >= 11 is 0. The van der Waals surface area contributed by atoms with Gasteiger partial charge in [-0.2, -0.15) is 0 Å². The second kappa shape index (κ2) is 17.6. The summed E-state index contributed by atoms with van der Waals surface area (Å²) < 4.78 is 0. The number of amides is 3. The van der Waals surface area contributed by atoms with Crippen molar-refractivity contribution in [3.05, 3.63) is 36.0 Å². The molecule has 14 nitrogen and oxygen atoms in total. The third-order valence-electron chi connectivity index (χ3n) is 6.85. The molecule has 13 N–H and O–H groups in total. The largest absolute Gasteiger partial charge is 0.480 e. The fourth-order valence-electron chi connectivity index (χ4n) is 4.54. The average Bonchev–Trinajstić information content (AvgIpc) is 3.36. The van der Waals surface area contributed by atoms with Gasteiger partial charge in [-0.25, -0.2) is 4.79 Å². The number of aromatic nitrogens is 1. The fourth-order valence-corrected chi connectivity index (χ4v) is 4.54. The molecule has 42 heavy (non-hydrogen) atoms. The number of aliphatic carboxylic acids is 1. The lowest BCUT2D eigenvalue weighted by Crippen LogP contribution is -2.57. The summed E-state index contributed by atoms with van der Waals surface area (Å²) in [7, 11) is 0. The van der Waals surface area contributed by atoms with Crippen LogP contribution in [0.25, 0.3) is 10.9 Å². The molecule has 0 bridgehead atoms. The molecule has 4 atom stereocenters. The Balaban J connectivity index is 2.28. The summed E-state index contributed by atoms with van der Waals surface area (Å²) in [6, 6.07) is 3.39. The molecule has 1 heterocycles. The Morgan fingerprint density at radius 1 is 0.929 bits per heavy atom. The Kier molecular flexibility index (Phi) is 14.3. The number of hydrogen-bond acceptors (Lipinski definition) is 7. The van der Waals surface area contributed by atoms with E-state index in [4.69, 9.17) is 22.6 Å². The number of fused-ring (bicyclic) bond motifs is 1. The fraction of sp³-hybridized carbons (Fsp3) is 0.536. The molecule has 0 saturated heterocycles. The number of H-pyrrole nitrogens is 1. The number of hydrogen-bond donors (Lipinski definition) is 10. The molecule has 0 radical (unpaired) electrons. The van der Waals surface area contributed by atoms with Crippen molar-refractivity contribution < 1.29 is 24.3 Å². The van der Waals surface area contributed by atoms with Crippen LogP contribution in [0.15, 0.2) is 30.5 Å². The second-order valence-electron chi connectivity index (χ2n) is 10.2. The first kappa shape index (κ1) is 34.0. The van der Waals surface area contributed by atoms with Gasteiger partial charge in [0.1, 0.15) is 18.1 Å². The maximum atomic E-state index is 13.7. The van der Waals surface area contributed by atoms with Crippen LogP contribution in [0.5, 0.6) is 0 Å². The molecule has 2 aromatic rings. The van der Waals surface area contributed by atoms with Crippen LogP contribution < -0.4 is 38.5 Å². The van der Waals surface area contributed by atoms with E-state index in [0.29, 0.717) is 38.6 Å². The Morgan fingerprint density at radius 2 is 1.57 bits per heavy atom. The molecule has 1 aromatic carbocycles. The first-order chi connectivity index (χ1) is 20.1. The highest BCUT2D eigenvalue weighted by atomic mass is 16.4. The van der Waals surface area contributed by atoms with E-state index in [1.165, 1.54) is 0 Å². The summed E-state index contributed by atoms with van der Waals surface area (Å²) in [6.45, 7) is 2.55. The number of para-hydroxylation sites is 1. The number of rotatable bonds is 19. The lowest BCUT2D eigenvalue weighted by molar-refractivity contribution is -0.142. The first-order valence-corrected chi connectivity index (χ1v) is 14.3. The van der Waals surface area contributed by atoms with Crippen molar-refractivity contribution in [1.29, 1.82) is 5.41 Å². The Morgan fingerprint density at radius 3 is 2.24 bits per heavy atom. The third-order valence-corrected chi connectivity index (χ3v) is 6.85. The molecule has 3 amide bonds. The SMILES string of the molecule is CCC[C@H](N)C(=O)N[C@@H](Cc1c[nH]c2ccccc12)C(=O)N[C@@H](CCCNC(=N)N)C(=O)N[C@@H](CCCCN)C(=O)O. The van der Waals surface area contributed by atoms with Crippen molar-refractivity contribution in [2.75, 3.05) is 13.1 Å². The summed E-state index contributed by atoms with van der Waals surface area (Å²) in [4.78, 5) is 54.7. The predicted molar refractivity (Wildman–Crippen MR) is 160 cm³/mol. The Hall–Kier alpha value is -4.17. The van der Waals surface area contributed by atoms with Crippen LogP contribution in [0.2, 0.25) is 0 Å². The van der Waals surface area contributed by atoms with Crippen LogP contribution >= 0.6 is 0 Å². The van der Waals surface area contributed by atoms with Gasteiger partial charge in [-0.15, -0.1) is 0 Å². The van der Waals surface area contributed by atoms with Gasteiger partial charge in [-0.05, 0) is 56.7 Å². The van der Waals surface area contributed by atoms with Gasteiger partial charge in [0.15, 0.2) is 5.96 Å². The van der Waals surface area contributed by atoms with Gasteiger partial charge in [0.05, 0.1) is 6.04 Å². The minimum absolute atomic E-state index is 0.121. The van der Waals surface area contributed by atoms with E-state index in [9.17, 15) is 24.3 Å². The molecule has 0 spiro atoms. The van der Waals surface area contributed by atoms with Gasteiger partial charge in [-0.1, -0.05) is 31.5 Å². The van der Waals surface area contributed by atoms with Crippen molar-refractivity contribution >= 4 is 40.6 Å². The van der Waals surface area contributed by atoms with Crippen LogP contribution in [0.4, 0.5) is 0 Å². The molecular weight excluding hydrogens is 542 g/mol. The standard InChI is InChI=1S/C28H45N9O5/c1-2-8-19(30)24(38)37-23(15-17-16-34-20-10-4-3-9-18(17)20)26(40)35-21(12-7-14-33-28(31)32)25(39)36-22(27(41)42)11-5-6-13-29/h3-4,9-10,16,19,21-23,34H,2,5-8,11-15,29-30H2,1H3,(H,35,40)(H,36,39)(H,37,38)(H,41,42)(H4,31,32,33)/t19-,21-,22-,23-/m0/s1. The van der Waals surface area contributed by atoms with Crippen molar-refractivity contribution in [3.8, 4) is 0 Å². The quantitative estimate of drug-likeness (QED) is 0.0590. The zero-order valence-corrected chi connectivity index (χ0v) is 24.1. The van der Waals surface area contributed by atoms with Gasteiger partial charge in [0.2, 0.25) is 17.7 Å². The summed E-state index contributed by atoms with van der Waals surface area (Å²) in [6.07, 6.45) is 4.74. The van der Waals surface area contributed by atoms with Gasteiger partial charge < -0.3 is 48.6 Å². The Labute approximate surface area is 245 Å². The molecule has 0 aliphatic heterocycles. The van der Waals surface area contributed by atoms with Gasteiger partial charge in [0.25, 0.3) is 0 Å². The summed E-state index contributed by atoms with van der Waals surface area (Å²) in [5, 5.41) is 28.5. The molecule has 0 aliphatic carbocycles. The number of carboxylic acids is 1. The van der Waals surface area contributed by atoms with E-state index in [-0.39, 0.29) is 31.8 Å². The number of unbranched alkanes of at least 4 members (excludes halogenated alkanes) is 1. The highest BCUT2D eigenvalue weighted by Gasteiger charge is 2.30. The maximum absolute atomic E-state index is 13.7. The first-order valence-electron chi connectivity index (χ1n) is 14.3. The minimum Gasteiger partial charge on any atom is -0.480 e. The molecule has 2 rings (SSSR count). The average molecular weight is 588 g/mol. The van der Waals surface area contributed by atoms with Gasteiger partial charge in [-0.3, -0.25) is 19.8 Å². The normalized spacial score (nSPS) is 13.9. The molecule has 0 saturated carbocycles. The van der Waals surface area contributed by atoms with E-state index in [2.05, 4.69) is 26.3 Å². The summed E-state index contributed by atoms with van der Waals surface area (Å²) in [5.74, 6) is -3.22. The zero-order chi connectivity index (χ0) is 31.1. The number of nitrogens with one attached hydrogen (secondary N) is 6. The Bertz CT molecular complexity index is 1200. The molecular formula is C28H45N9O5. The number of carbonyl (C=O) groups excluding carboxylic acids is 3. The maximum Gasteiger partial charge on any atom is 0.326 e. The van der Waals surface area contributed by atoms with Gasteiger partial charge >= 0.3 is 5.97 Å². The number of guanidine groups is 1. The van der Waals surface area contributed by atoms with E-state index >= 15 is 0 Å². The topological polar surface area (TPSA) is 254 Å². The van der Waals surface area contributed by atoms with Crippen LogP contribution in [0.1, 0.15) is 57.4 Å². The van der Waals surface area contributed by atoms with Crippen LogP contribution in [-0.2, 0) is 25.6 Å². The van der Waals surface area contributed by atoms with E-state index in [0.717, 1.165) is 16.5 Å². The number of carboxylic acid groups (broad SMARTS) is 1. The van der Waals surface area contributed by atoms with Crippen LogP contribution in [0.3, 0.4) is 0 Å². The lowest BCUT2D eigenvalue weighted by atomic mass is 10.0. The number of aromatic amines is 1. The van der Waals surface area contributed by atoms with E-state index < -0.39 is 47.9 Å². The molecule has 0 aliphatic rings. The molecule has 0 fully saturated rings. The van der Waals surface area contributed by atoms with E-state index in [1.807, 2.05) is 31.2 Å². The van der Waals surface area contributed by atoms with Gasteiger partial charge in [0, 0.05) is 30.1 Å². The molecule has 232 valence electrons. The lowest BCUT2D eigenvalue weighted by Gasteiger charge is -2.25. The number of carbonyl (C=O) groups is 4. The zero-order valence-electron chi connectivity index (χ0n) is 24.1. The molecule has 14 heteroatoms. The van der Waals surface area contributed by atoms with Crippen LogP contribution in [-0.4, -0.2) is 77.0 Å². The number of benzene rings is 1. The highest BCUT2D eigenvalue weighted by molar-refractivity contribution is 5.94.